The first-order valence-electron chi connectivity index (χ1n) is 4.67. The van der Waals surface area contributed by atoms with E-state index in [9.17, 15) is 4.89 Å². The maximum Gasteiger partial charge on any atom is 0.244 e. The zero-order valence-electron chi connectivity index (χ0n) is 9.61. The van der Waals surface area contributed by atoms with Crippen molar-refractivity contribution in [3.8, 4) is 0 Å². The molecule has 0 saturated heterocycles. The van der Waals surface area contributed by atoms with Crippen LogP contribution in [0.25, 0.3) is 0 Å². The summed E-state index contributed by atoms with van der Waals surface area (Å²) in [7, 11) is 3.75. The number of hydrogen-bond donors (Lipinski definition) is 2. The molecule has 2 N–H and O–H groups in total. The van der Waals surface area contributed by atoms with E-state index in [-0.39, 0.29) is 0 Å². The molecular formula is C8H22NO2PS2. The maximum absolute atomic E-state index is 9.48. The highest BCUT2D eigenvalue weighted by Crippen LogP contribution is 2.58. The van der Waals surface area contributed by atoms with E-state index >= 15 is 0 Å². The van der Waals surface area contributed by atoms with Crippen molar-refractivity contribution in [1.29, 1.82) is 0 Å². The van der Waals surface area contributed by atoms with Crippen LogP contribution in [0.1, 0.15) is 27.2 Å². The van der Waals surface area contributed by atoms with Crippen molar-refractivity contribution >= 4 is 28.9 Å². The first kappa shape index (κ1) is 17.3. The van der Waals surface area contributed by atoms with Crippen LogP contribution >= 0.6 is 17.1 Å². The highest BCUT2D eigenvalue weighted by Gasteiger charge is 2.16. The normalized spacial score (nSPS) is 16.4. The Balaban J connectivity index is 0. The second kappa shape index (κ2) is 10.4. The molecule has 0 aliphatic heterocycles. The molecule has 14 heavy (non-hydrogen) atoms. The minimum atomic E-state index is -2.52. The van der Waals surface area contributed by atoms with Gasteiger partial charge in [-0.2, -0.15) is 0 Å². The molecule has 88 valence electrons. The van der Waals surface area contributed by atoms with E-state index in [0.29, 0.717) is 11.9 Å². The van der Waals surface area contributed by atoms with Gasteiger partial charge in [-0.05, 0) is 39.2 Å². The van der Waals surface area contributed by atoms with E-state index in [4.69, 9.17) is 16.3 Å². The molecule has 6 heteroatoms. The standard InChI is InChI=1S/C6H15O2PS2.C2H7N/c1-4-6(3)11-9(7,10)8-5-2;1-3-2/h6H,4-5H2,1-3H3,(H,7,10);3H,1-2H3. The zero-order chi connectivity index (χ0) is 11.6. The van der Waals surface area contributed by atoms with Gasteiger partial charge < -0.3 is 14.7 Å². The Labute approximate surface area is 96.9 Å². The molecule has 0 radical (unpaired) electrons. The van der Waals surface area contributed by atoms with Gasteiger partial charge in [-0.3, -0.25) is 0 Å². The molecular weight excluding hydrogens is 237 g/mol. The Morgan fingerprint density at radius 2 is 1.93 bits per heavy atom. The van der Waals surface area contributed by atoms with Gasteiger partial charge in [0.2, 0.25) is 5.69 Å². The van der Waals surface area contributed by atoms with Gasteiger partial charge in [0.1, 0.15) is 0 Å². The molecule has 0 heterocycles. The van der Waals surface area contributed by atoms with Gasteiger partial charge in [0, 0.05) is 5.25 Å². The summed E-state index contributed by atoms with van der Waals surface area (Å²) in [6.07, 6.45) is 1.01. The SMILES string of the molecule is CCOP(O)(=S)SC(C)CC.CNC. The second-order valence-electron chi connectivity index (χ2n) is 2.71. The highest BCUT2D eigenvalue weighted by atomic mass is 32.9. The molecule has 0 rings (SSSR count). The predicted octanol–water partition coefficient (Wildman–Crippen LogP) is 2.61. The van der Waals surface area contributed by atoms with Crippen molar-refractivity contribution in [2.24, 2.45) is 0 Å². The van der Waals surface area contributed by atoms with E-state index in [1.165, 1.54) is 11.4 Å². The van der Waals surface area contributed by atoms with Crippen LogP contribution in [0.2, 0.25) is 0 Å². The van der Waals surface area contributed by atoms with E-state index in [0.717, 1.165) is 6.42 Å². The zero-order valence-corrected chi connectivity index (χ0v) is 12.1. The van der Waals surface area contributed by atoms with Crippen LogP contribution in [0, 0.1) is 0 Å². The quantitative estimate of drug-likeness (QED) is 0.743. The average Bonchev–Trinajstić information content (AvgIpc) is 2.04. The maximum atomic E-state index is 9.48. The summed E-state index contributed by atoms with van der Waals surface area (Å²) < 4.78 is 5.05. The lowest BCUT2D eigenvalue weighted by Crippen LogP contribution is -1.94. The summed E-state index contributed by atoms with van der Waals surface area (Å²) in [6, 6.07) is 0. The fourth-order valence-electron chi connectivity index (χ4n) is 0.496. The van der Waals surface area contributed by atoms with Crippen molar-refractivity contribution in [1.82, 2.24) is 5.32 Å². The topological polar surface area (TPSA) is 41.5 Å². The summed E-state index contributed by atoms with van der Waals surface area (Å²) in [5, 5.41) is 3.14. The molecule has 2 atom stereocenters. The third-order valence-electron chi connectivity index (χ3n) is 1.18. The van der Waals surface area contributed by atoms with Crippen LogP contribution < -0.4 is 5.32 Å². The lowest BCUT2D eigenvalue weighted by Gasteiger charge is -2.16. The Morgan fingerprint density at radius 3 is 2.21 bits per heavy atom. The van der Waals surface area contributed by atoms with E-state index in [1.54, 1.807) is 0 Å². The van der Waals surface area contributed by atoms with Crippen LogP contribution in [0.5, 0.6) is 0 Å². The Kier molecular flexibility index (Phi) is 12.8. The van der Waals surface area contributed by atoms with Crippen LogP contribution in [-0.4, -0.2) is 30.8 Å². The Morgan fingerprint density at radius 1 is 1.50 bits per heavy atom. The Bertz CT molecular complexity index is 169. The average molecular weight is 259 g/mol. The lowest BCUT2D eigenvalue weighted by atomic mass is 10.4. The van der Waals surface area contributed by atoms with Crippen LogP contribution in [0.3, 0.4) is 0 Å². The summed E-state index contributed by atoms with van der Waals surface area (Å²) in [5.74, 6) is 0. The number of rotatable bonds is 5. The molecule has 0 aromatic carbocycles. The van der Waals surface area contributed by atoms with Crippen molar-refractivity contribution in [2.75, 3.05) is 20.7 Å². The van der Waals surface area contributed by atoms with E-state index in [2.05, 4.69) is 12.2 Å². The molecule has 0 aliphatic rings. The van der Waals surface area contributed by atoms with Crippen molar-refractivity contribution < 1.29 is 9.42 Å². The van der Waals surface area contributed by atoms with Crippen molar-refractivity contribution in [3.63, 3.8) is 0 Å². The summed E-state index contributed by atoms with van der Waals surface area (Å²) >= 11 is 6.28. The van der Waals surface area contributed by atoms with Gasteiger partial charge in [0.25, 0.3) is 0 Å². The van der Waals surface area contributed by atoms with Gasteiger partial charge in [0.05, 0.1) is 6.61 Å². The fraction of sp³-hybridized carbons (Fsp3) is 1.00. The molecule has 0 aromatic heterocycles. The molecule has 0 fully saturated rings. The van der Waals surface area contributed by atoms with E-state index < -0.39 is 5.69 Å². The van der Waals surface area contributed by atoms with Crippen LogP contribution in [0.15, 0.2) is 0 Å². The summed E-state index contributed by atoms with van der Waals surface area (Å²) in [4.78, 5) is 9.48. The first-order valence-corrected chi connectivity index (χ1v) is 8.83. The smallest absolute Gasteiger partial charge is 0.244 e. The minimum absolute atomic E-state index is 0.386. The lowest BCUT2D eigenvalue weighted by molar-refractivity contribution is 0.340. The molecule has 0 spiro atoms. The molecule has 0 bridgehead atoms. The molecule has 0 aliphatic carbocycles. The second-order valence-corrected chi connectivity index (χ2v) is 9.22. The molecule has 0 saturated carbocycles. The minimum Gasteiger partial charge on any atom is -0.337 e. The van der Waals surface area contributed by atoms with Gasteiger partial charge >= 0.3 is 0 Å². The van der Waals surface area contributed by atoms with Crippen LogP contribution in [-0.2, 0) is 16.3 Å². The Hall–Kier alpha value is 0.880. The monoisotopic (exact) mass is 259 g/mol. The van der Waals surface area contributed by atoms with Gasteiger partial charge in [0.15, 0.2) is 0 Å². The predicted molar refractivity (Wildman–Crippen MR) is 70.5 cm³/mol. The number of nitrogens with one attached hydrogen (secondary N) is 1. The van der Waals surface area contributed by atoms with Gasteiger partial charge in [-0.15, -0.1) is 0 Å². The van der Waals surface area contributed by atoms with Crippen molar-refractivity contribution in [3.05, 3.63) is 0 Å². The van der Waals surface area contributed by atoms with Gasteiger partial charge in [-0.1, -0.05) is 25.2 Å². The number of hydrogen-bond acceptors (Lipinski definition) is 4. The molecule has 3 nitrogen and oxygen atoms in total. The molecule has 0 aromatic rings. The third kappa shape index (κ3) is 12.9. The van der Waals surface area contributed by atoms with Crippen LogP contribution in [0.4, 0.5) is 0 Å². The third-order valence-corrected chi connectivity index (χ3v) is 6.01. The molecule has 0 amide bonds. The van der Waals surface area contributed by atoms with Crippen molar-refractivity contribution in [2.45, 2.75) is 32.4 Å². The van der Waals surface area contributed by atoms with Gasteiger partial charge in [-0.25, -0.2) is 0 Å². The summed E-state index contributed by atoms with van der Waals surface area (Å²) in [6.45, 7) is 6.45. The molecule has 2 unspecified atom stereocenters. The van der Waals surface area contributed by atoms with E-state index in [1.807, 2.05) is 27.9 Å². The highest BCUT2D eigenvalue weighted by molar-refractivity contribution is 8.67. The fourth-order valence-corrected chi connectivity index (χ4v) is 5.44. The largest absolute Gasteiger partial charge is 0.337 e. The first-order chi connectivity index (χ1) is 6.43. The summed E-state index contributed by atoms with van der Waals surface area (Å²) in [5.41, 5.74) is -2.52.